The first-order valence-corrected chi connectivity index (χ1v) is 25.4. The van der Waals surface area contributed by atoms with Crippen molar-refractivity contribution in [2.75, 3.05) is 13.2 Å². The summed E-state index contributed by atoms with van der Waals surface area (Å²) in [7, 11) is -2.37. The van der Waals surface area contributed by atoms with Gasteiger partial charge in [0.25, 0.3) is 0 Å². The zero-order chi connectivity index (χ0) is 45.0. The van der Waals surface area contributed by atoms with Gasteiger partial charge < -0.3 is 48.6 Å². The van der Waals surface area contributed by atoms with Crippen LogP contribution >= 0.6 is 11.8 Å². The number of rotatable bonds is 19. The van der Waals surface area contributed by atoms with Crippen molar-refractivity contribution in [3.63, 3.8) is 0 Å². The van der Waals surface area contributed by atoms with Crippen LogP contribution in [0.1, 0.15) is 51.3 Å². The van der Waals surface area contributed by atoms with Crippen LogP contribution in [0.3, 0.4) is 0 Å². The fourth-order valence-electron chi connectivity index (χ4n) is 7.34. The quantitative estimate of drug-likeness (QED) is 0.0812. The van der Waals surface area contributed by atoms with Gasteiger partial charge in [0.05, 0.1) is 39.1 Å². The molecule has 4 aromatic rings. The second-order valence-corrected chi connectivity index (χ2v) is 23.6. The number of aliphatic hydroxyl groups excluding tert-OH is 1. The van der Waals surface area contributed by atoms with Crippen molar-refractivity contribution in [1.29, 1.82) is 0 Å². The Morgan fingerprint density at radius 1 is 0.651 bits per heavy atom. The fraction of sp³-hybridized carbons (Fsp3) is 0.469. The molecule has 340 valence electrons. The SMILES string of the molecule is CC(=O)N[C@H]1[C@H](O[C@H]2[C@H](OCc3ccccc3)[C@@H](NC(C)=O)C(Sc3ccccc3)O[C@@H]2CO[Si](C)(C)C(C)(C)C)O[C@H](COCc2ccccc2)[C@@H](O)[C@@H]1OCc1ccccc1. The van der Waals surface area contributed by atoms with E-state index >= 15 is 0 Å². The molecule has 0 aliphatic carbocycles. The number of carbonyl (C=O) groups excluding carboxylic acids is 2. The Hall–Kier alpha value is -3.93. The van der Waals surface area contributed by atoms with Crippen molar-refractivity contribution in [1.82, 2.24) is 10.6 Å². The molecule has 0 radical (unpaired) electrons. The van der Waals surface area contributed by atoms with Crippen LogP contribution in [-0.2, 0) is 62.3 Å². The molecule has 2 aliphatic rings. The number of hydrogen-bond acceptors (Lipinski definition) is 11. The minimum atomic E-state index is -2.37. The molecule has 0 bridgehead atoms. The highest BCUT2D eigenvalue weighted by Crippen LogP contribution is 2.41. The van der Waals surface area contributed by atoms with E-state index in [0.717, 1.165) is 21.6 Å². The Morgan fingerprint density at radius 2 is 1.14 bits per heavy atom. The van der Waals surface area contributed by atoms with Crippen molar-refractivity contribution in [3.05, 3.63) is 138 Å². The summed E-state index contributed by atoms with van der Waals surface area (Å²) >= 11 is 1.48. The van der Waals surface area contributed by atoms with Crippen LogP contribution in [0.25, 0.3) is 0 Å². The Labute approximate surface area is 377 Å². The van der Waals surface area contributed by atoms with Crippen LogP contribution in [0.5, 0.6) is 0 Å². The van der Waals surface area contributed by atoms with E-state index in [2.05, 4.69) is 44.5 Å². The van der Waals surface area contributed by atoms with E-state index in [1.54, 1.807) is 0 Å². The van der Waals surface area contributed by atoms with E-state index in [-0.39, 0.29) is 49.9 Å². The number of amides is 2. The lowest BCUT2D eigenvalue weighted by Crippen LogP contribution is -2.69. The van der Waals surface area contributed by atoms with Gasteiger partial charge in [-0.2, -0.15) is 0 Å². The van der Waals surface area contributed by atoms with Crippen molar-refractivity contribution in [2.24, 2.45) is 0 Å². The molecule has 10 atom stereocenters. The van der Waals surface area contributed by atoms with Gasteiger partial charge in [0.2, 0.25) is 11.8 Å². The van der Waals surface area contributed by atoms with Crippen LogP contribution in [0.15, 0.2) is 126 Å². The first-order chi connectivity index (χ1) is 30.2. The summed E-state index contributed by atoms with van der Waals surface area (Å²) in [5, 5.41) is 18.1. The van der Waals surface area contributed by atoms with Crippen LogP contribution in [-0.4, -0.2) is 98.9 Å². The summed E-state index contributed by atoms with van der Waals surface area (Å²) in [6, 6.07) is 37.3. The monoisotopic (exact) mass is 900 g/mol. The molecule has 14 heteroatoms. The summed E-state index contributed by atoms with van der Waals surface area (Å²) < 4.78 is 47.5. The minimum absolute atomic E-state index is 0.00870. The molecule has 6 rings (SSSR count). The Bertz CT molecular complexity index is 2000. The molecule has 2 heterocycles. The van der Waals surface area contributed by atoms with Crippen molar-refractivity contribution in [2.45, 2.75) is 138 Å². The molecule has 0 saturated carbocycles. The van der Waals surface area contributed by atoms with E-state index in [4.69, 9.17) is 32.8 Å². The lowest BCUT2D eigenvalue weighted by atomic mass is 9.94. The van der Waals surface area contributed by atoms with E-state index in [0.29, 0.717) is 0 Å². The number of aliphatic hydroxyl groups is 1. The molecule has 63 heavy (non-hydrogen) atoms. The van der Waals surface area contributed by atoms with Gasteiger partial charge in [-0.3, -0.25) is 9.59 Å². The maximum atomic E-state index is 13.1. The number of thioether (sulfide) groups is 1. The highest BCUT2D eigenvalue weighted by Gasteiger charge is 2.54. The number of nitrogens with one attached hydrogen (secondary N) is 2. The summed E-state index contributed by atoms with van der Waals surface area (Å²) in [5.41, 5.74) is 2.12. The molecule has 12 nitrogen and oxygen atoms in total. The van der Waals surface area contributed by atoms with Crippen LogP contribution in [0, 0.1) is 0 Å². The zero-order valence-corrected chi connectivity index (χ0v) is 39.2. The van der Waals surface area contributed by atoms with Gasteiger partial charge in [-0.15, -0.1) is 0 Å². The van der Waals surface area contributed by atoms with Gasteiger partial charge in [-0.25, -0.2) is 0 Å². The van der Waals surface area contributed by atoms with Crippen LogP contribution < -0.4 is 10.6 Å². The largest absolute Gasteiger partial charge is 0.414 e. The molecular formula is C49H64N2O10SSi. The minimum Gasteiger partial charge on any atom is -0.414 e. The lowest BCUT2D eigenvalue weighted by molar-refractivity contribution is -0.319. The molecular weight excluding hydrogens is 837 g/mol. The fourth-order valence-corrected chi connectivity index (χ4v) is 9.51. The molecule has 2 fully saturated rings. The highest BCUT2D eigenvalue weighted by molar-refractivity contribution is 7.99. The molecule has 2 amide bonds. The van der Waals surface area contributed by atoms with E-state index in [9.17, 15) is 14.7 Å². The first-order valence-electron chi connectivity index (χ1n) is 21.7. The van der Waals surface area contributed by atoms with Crippen molar-refractivity contribution >= 4 is 31.9 Å². The Balaban J connectivity index is 1.41. The smallest absolute Gasteiger partial charge is 0.217 e. The third-order valence-corrected chi connectivity index (χ3v) is 17.4. The first kappa shape index (κ1) is 48.5. The zero-order valence-electron chi connectivity index (χ0n) is 37.4. The molecule has 2 saturated heterocycles. The Kier molecular flexibility index (Phi) is 17.6. The second-order valence-electron chi connectivity index (χ2n) is 17.7. The van der Waals surface area contributed by atoms with E-state index in [1.807, 2.05) is 121 Å². The number of hydrogen-bond donors (Lipinski definition) is 3. The molecule has 1 unspecified atom stereocenters. The maximum absolute atomic E-state index is 13.1. The average Bonchev–Trinajstić information content (AvgIpc) is 3.25. The van der Waals surface area contributed by atoms with Gasteiger partial charge in [0.1, 0.15) is 48.1 Å². The third kappa shape index (κ3) is 13.8. The molecule has 0 aromatic heterocycles. The van der Waals surface area contributed by atoms with E-state index in [1.165, 1.54) is 25.6 Å². The second kappa shape index (κ2) is 22.8. The van der Waals surface area contributed by atoms with Gasteiger partial charge in [0, 0.05) is 18.7 Å². The van der Waals surface area contributed by atoms with Crippen LogP contribution in [0.4, 0.5) is 0 Å². The summed E-state index contributed by atoms with van der Waals surface area (Å²) in [5.74, 6) is -0.648. The molecule has 3 N–H and O–H groups in total. The van der Waals surface area contributed by atoms with Gasteiger partial charge in [-0.1, -0.05) is 142 Å². The lowest BCUT2D eigenvalue weighted by Gasteiger charge is -2.50. The van der Waals surface area contributed by atoms with Gasteiger partial charge >= 0.3 is 0 Å². The summed E-state index contributed by atoms with van der Waals surface area (Å²) in [6.07, 6.45) is -6.91. The summed E-state index contributed by atoms with van der Waals surface area (Å²) in [4.78, 5) is 27.2. The number of carbonyl (C=O) groups is 2. The highest BCUT2D eigenvalue weighted by atomic mass is 32.2. The number of benzene rings is 4. The van der Waals surface area contributed by atoms with Gasteiger partial charge in [0.15, 0.2) is 14.6 Å². The average molecular weight is 901 g/mol. The maximum Gasteiger partial charge on any atom is 0.217 e. The van der Waals surface area contributed by atoms with Crippen molar-refractivity contribution < 1.29 is 47.5 Å². The topological polar surface area (TPSA) is 143 Å². The molecule has 4 aromatic carbocycles. The molecule has 2 aliphatic heterocycles. The van der Waals surface area contributed by atoms with Crippen LogP contribution in [0.2, 0.25) is 18.1 Å². The standard InChI is InChI=1S/C49H64N2O10SSi/c1-33(52)50-41-45(56-29-36-22-14-9-15-23-36)43(54)39(31-55-28-35-20-12-8-13-21-35)59-47(41)61-44-40(32-58-63(6,7)49(3,4)5)60-48(62-38-26-18-11-19-27-38)42(51-34(2)53)46(44)57-30-37-24-16-10-17-25-37/h8-27,39-48,54H,28-32H2,1-7H3,(H,50,52)(H,51,53)/t39-,40-,41-,42-,43-,44-,45-,46-,47+,48?/m1/s1. The molecule has 0 spiro atoms. The number of ether oxygens (including phenoxy) is 6. The predicted octanol–water partition coefficient (Wildman–Crippen LogP) is 7.39. The van der Waals surface area contributed by atoms with Crippen molar-refractivity contribution in [3.8, 4) is 0 Å². The Morgan fingerprint density at radius 3 is 1.67 bits per heavy atom. The predicted molar refractivity (Wildman–Crippen MR) is 245 cm³/mol. The normalized spacial score (nSPS) is 26.5. The summed E-state index contributed by atoms with van der Waals surface area (Å²) in [6.45, 7) is 14.5. The third-order valence-electron chi connectivity index (χ3n) is 11.7. The van der Waals surface area contributed by atoms with Gasteiger partial charge in [-0.05, 0) is 47.0 Å². The van der Waals surface area contributed by atoms with E-state index < -0.39 is 68.8 Å².